The maximum atomic E-state index is 8.71. The molecule has 0 aromatic heterocycles. The highest BCUT2D eigenvalue weighted by molar-refractivity contribution is 4.98. The number of hydrogen-bond donors (Lipinski definition) is 2. The summed E-state index contributed by atoms with van der Waals surface area (Å²) in [7, 11) is 0. The van der Waals surface area contributed by atoms with E-state index in [-0.39, 0.29) is 13.1 Å². The summed E-state index contributed by atoms with van der Waals surface area (Å²) < 4.78 is 0. The van der Waals surface area contributed by atoms with Crippen LogP contribution in [0.4, 0.5) is 0 Å². The van der Waals surface area contributed by atoms with Crippen LogP contribution in [0.3, 0.4) is 0 Å². The molecule has 6 nitrogen and oxygen atoms in total. The van der Waals surface area contributed by atoms with Gasteiger partial charge in [0.15, 0.2) is 12.3 Å². The van der Waals surface area contributed by atoms with Gasteiger partial charge in [-0.15, -0.1) is 0 Å². The van der Waals surface area contributed by atoms with Crippen molar-refractivity contribution < 1.29 is 10.2 Å². The van der Waals surface area contributed by atoms with Gasteiger partial charge in [0.1, 0.15) is 0 Å². The zero-order valence-corrected chi connectivity index (χ0v) is 6.75. The topological polar surface area (TPSA) is 115 Å². The second-order valence-corrected chi connectivity index (χ2v) is 2.21. The van der Waals surface area contributed by atoms with Gasteiger partial charge in [0, 0.05) is 0 Å². The summed E-state index contributed by atoms with van der Waals surface area (Å²) in [5.74, 6) is 0. The normalized spacial score (nSPS) is 11.8. The smallest absolute Gasteiger partial charge is 0.181 e. The molecule has 13 heavy (non-hydrogen) atoms. The fourth-order valence-electron chi connectivity index (χ4n) is 0.771. The Labute approximate surface area is 75.5 Å². The number of rotatable bonds is 4. The van der Waals surface area contributed by atoms with E-state index in [1.807, 2.05) is 0 Å². The lowest BCUT2D eigenvalue weighted by atomic mass is 10.2. The first kappa shape index (κ1) is 11.4. The van der Waals surface area contributed by atoms with E-state index in [9.17, 15) is 0 Å². The standard InChI is InChI=1S/C7H8N4O2/c8-1-3-11(4-2-9)6(5-10)7(12)13/h6-7,12-13H,3-4H2. The third-order valence-corrected chi connectivity index (χ3v) is 1.36. The first-order valence-corrected chi connectivity index (χ1v) is 3.41. The van der Waals surface area contributed by atoms with E-state index < -0.39 is 12.3 Å². The molecule has 0 fully saturated rings. The Bertz CT molecular complexity index is 254. The van der Waals surface area contributed by atoms with Crippen LogP contribution in [-0.2, 0) is 0 Å². The van der Waals surface area contributed by atoms with Crippen LogP contribution in [0.1, 0.15) is 0 Å². The second-order valence-electron chi connectivity index (χ2n) is 2.21. The molecule has 0 amide bonds. The van der Waals surface area contributed by atoms with E-state index in [1.54, 1.807) is 18.2 Å². The summed E-state index contributed by atoms with van der Waals surface area (Å²) in [6.07, 6.45) is -1.87. The molecule has 0 heterocycles. The molecule has 0 saturated carbocycles. The summed E-state index contributed by atoms with van der Waals surface area (Å²) in [5.41, 5.74) is 0. The van der Waals surface area contributed by atoms with E-state index in [4.69, 9.17) is 26.0 Å². The van der Waals surface area contributed by atoms with Gasteiger partial charge in [0.25, 0.3) is 0 Å². The SMILES string of the molecule is N#CCN(CC#N)C(C#N)C(O)O. The lowest BCUT2D eigenvalue weighted by molar-refractivity contribution is -0.0790. The van der Waals surface area contributed by atoms with Gasteiger partial charge in [-0.3, -0.25) is 4.90 Å². The third kappa shape index (κ3) is 3.50. The largest absolute Gasteiger partial charge is 0.366 e. The van der Waals surface area contributed by atoms with E-state index in [1.165, 1.54) is 0 Å². The Morgan fingerprint density at radius 1 is 1.08 bits per heavy atom. The number of aliphatic hydroxyl groups is 2. The van der Waals surface area contributed by atoms with Gasteiger partial charge < -0.3 is 10.2 Å². The summed E-state index contributed by atoms with van der Waals surface area (Å²) in [6, 6.07) is 3.81. The summed E-state index contributed by atoms with van der Waals surface area (Å²) in [5, 5.41) is 42.5. The van der Waals surface area contributed by atoms with Crippen LogP contribution < -0.4 is 0 Å². The van der Waals surface area contributed by atoms with Gasteiger partial charge in [-0.25, -0.2) is 0 Å². The Hall–Kier alpha value is -1.65. The molecule has 0 aliphatic carbocycles. The highest BCUT2D eigenvalue weighted by Gasteiger charge is 2.23. The molecule has 0 aliphatic rings. The molecule has 6 heteroatoms. The van der Waals surface area contributed by atoms with Crippen LogP contribution in [0, 0.1) is 34.0 Å². The zero-order valence-electron chi connectivity index (χ0n) is 6.75. The van der Waals surface area contributed by atoms with E-state index >= 15 is 0 Å². The van der Waals surface area contributed by atoms with Crippen molar-refractivity contribution in [3.8, 4) is 18.2 Å². The van der Waals surface area contributed by atoms with Crippen molar-refractivity contribution in [3.05, 3.63) is 0 Å². The maximum Gasteiger partial charge on any atom is 0.181 e. The monoisotopic (exact) mass is 180 g/mol. The zero-order chi connectivity index (χ0) is 10.3. The number of aliphatic hydroxyl groups excluding tert-OH is 1. The highest BCUT2D eigenvalue weighted by atomic mass is 16.5. The van der Waals surface area contributed by atoms with E-state index in [0.717, 1.165) is 4.90 Å². The first-order chi connectivity index (χ1) is 6.17. The van der Waals surface area contributed by atoms with Gasteiger partial charge in [0.2, 0.25) is 0 Å². The molecule has 0 rings (SSSR count). The van der Waals surface area contributed by atoms with Crippen LogP contribution in [-0.4, -0.2) is 40.5 Å². The van der Waals surface area contributed by atoms with Crippen LogP contribution in [0.5, 0.6) is 0 Å². The van der Waals surface area contributed by atoms with Gasteiger partial charge in [-0.2, -0.15) is 15.8 Å². The molecule has 0 aromatic carbocycles. The molecular weight excluding hydrogens is 172 g/mol. The summed E-state index contributed by atoms with van der Waals surface area (Å²) in [4.78, 5) is 1.07. The highest BCUT2D eigenvalue weighted by Crippen LogP contribution is 2.00. The molecule has 68 valence electrons. The molecule has 0 bridgehead atoms. The van der Waals surface area contributed by atoms with Gasteiger partial charge >= 0.3 is 0 Å². The van der Waals surface area contributed by atoms with Crippen molar-refractivity contribution in [2.45, 2.75) is 12.3 Å². The Balaban J connectivity index is 4.44. The van der Waals surface area contributed by atoms with Crippen LogP contribution >= 0.6 is 0 Å². The summed E-state index contributed by atoms with van der Waals surface area (Å²) in [6.45, 7) is -0.382. The number of nitrogens with zero attached hydrogens (tertiary/aromatic N) is 4. The minimum Gasteiger partial charge on any atom is -0.366 e. The molecule has 1 unspecified atom stereocenters. The van der Waals surface area contributed by atoms with Crippen molar-refractivity contribution >= 4 is 0 Å². The molecule has 0 aromatic rings. The average Bonchev–Trinajstić information content (AvgIpc) is 2.05. The van der Waals surface area contributed by atoms with Crippen molar-refractivity contribution in [2.75, 3.05) is 13.1 Å². The minimum absolute atomic E-state index is 0.191. The quantitative estimate of drug-likeness (QED) is 0.403. The van der Waals surface area contributed by atoms with Crippen LogP contribution in [0.2, 0.25) is 0 Å². The van der Waals surface area contributed by atoms with Crippen LogP contribution in [0.25, 0.3) is 0 Å². The Kier molecular flexibility index (Phi) is 5.18. The summed E-state index contributed by atoms with van der Waals surface area (Å²) >= 11 is 0. The molecule has 2 N–H and O–H groups in total. The predicted molar refractivity (Wildman–Crippen MR) is 40.4 cm³/mol. The second kappa shape index (κ2) is 5.93. The fraction of sp³-hybridized carbons (Fsp3) is 0.571. The number of nitriles is 3. The Morgan fingerprint density at radius 2 is 1.54 bits per heavy atom. The lowest BCUT2D eigenvalue weighted by Gasteiger charge is -2.22. The van der Waals surface area contributed by atoms with Gasteiger partial charge in [-0.05, 0) is 0 Å². The van der Waals surface area contributed by atoms with Gasteiger partial charge in [-0.1, -0.05) is 0 Å². The maximum absolute atomic E-state index is 8.71. The molecular formula is C7H8N4O2. The predicted octanol–water partition coefficient (Wildman–Crippen LogP) is -1.46. The average molecular weight is 180 g/mol. The number of hydrogen-bond acceptors (Lipinski definition) is 6. The van der Waals surface area contributed by atoms with Crippen molar-refractivity contribution in [2.24, 2.45) is 0 Å². The molecule has 0 aliphatic heterocycles. The Morgan fingerprint density at radius 3 is 1.77 bits per heavy atom. The van der Waals surface area contributed by atoms with Crippen molar-refractivity contribution in [1.82, 2.24) is 4.90 Å². The molecule has 1 atom stereocenters. The van der Waals surface area contributed by atoms with E-state index in [2.05, 4.69) is 0 Å². The van der Waals surface area contributed by atoms with Crippen LogP contribution in [0.15, 0.2) is 0 Å². The molecule has 0 radical (unpaired) electrons. The third-order valence-electron chi connectivity index (χ3n) is 1.36. The van der Waals surface area contributed by atoms with Gasteiger partial charge in [0.05, 0.1) is 31.3 Å². The van der Waals surface area contributed by atoms with Crippen molar-refractivity contribution in [3.63, 3.8) is 0 Å². The first-order valence-electron chi connectivity index (χ1n) is 3.41. The fourth-order valence-corrected chi connectivity index (χ4v) is 0.771. The lowest BCUT2D eigenvalue weighted by Crippen LogP contribution is -2.43. The van der Waals surface area contributed by atoms with E-state index in [0.29, 0.717) is 0 Å². The molecule has 0 spiro atoms. The van der Waals surface area contributed by atoms with Crippen molar-refractivity contribution in [1.29, 1.82) is 15.8 Å². The molecule has 0 saturated heterocycles. The minimum atomic E-state index is -1.87.